The minimum absolute atomic E-state index is 0.360. The molecule has 0 amide bonds. The molecule has 0 saturated heterocycles. The summed E-state index contributed by atoms with van der Waals surface area (Å²) >= 11 is 1.38. The zero-order chi connectivity index (χ0) is 15.6. The zero-order valence-electron chi connectivity index (χ0n) is 12.9. The van der Waals surface area contributed by atoms with Gasteiger partial charge in [-0.25, -0.2) is 4.79 Å². The molecular formula is C17H21NO2S. The van der Waals surface area contributed by atoms with Crippen molar-refractivity contribution in [3.63, 3.8) is 0 Å². The third kappa shape index (κ3) is 3.85. The molecule has 1 aromatic heterocycles. The molecule has 0 radical (unpaired) electrons. The standard InChI is InChI=1S/C17H21NO2S/c1-5-11-6-8-12(9-7-11)14-10-13(18)15(21-14)16(19)20-17(2,3)4/h6-10H,5,18H2,1-4H3. The molecule has 0 unspecified atom stereocenters. The van der Waals surface area contributed by atoms with E-state index in [1.54, 1.807) is 0 Å². The summed E-state index contributed by atoms with van der Waals surface area (Å²) in [5.41, 5.74) is 8.28. The highest BCUT2D eigenvalue weighted by molar-refractivity contribution is 7.18. The number of hydrogen-bond donors (Lipinski definition) is 1. The number of nitrogen functional groups attached to an aromatic ring is 1. The molecule has 1 aromatic carbocycles. The van der Waals surface area contributed by atoms with E-state index in [1.165, 1.54) is 16.9 Å². The number of rotatable bonds is 3. The number of ether oxygens (including phenoxy) is 1. The summed E-state index contributed by atoms with van der Waals surface area (Å²) in [7, 11) is 0. The number of anilines is 1. The molecule has 0 atom stereocenters. The summed E-state index contributed by atoms with van der Waals surface area (Å²) in [4.78, 5) is 13.6. The van der Waals surface area contributed by atoms with Crippen LogP contribution in [-0.4, -0.2) is 11.6 Å². The summed E-state index contributed by atoms with van der Waals surface area (Å²) < 4.78 is 5.38. The molecule has 21 heavy (non-hydrogen) atoms. The van der Waals surface area contributed by atoms with Crippen molar-refractivity contribution in [1.82, 2.24) is 0 Å². The minimum Gasteiger partial charge on any atom is -0.456 e. The maximum absolute atomic E-state index is 12.1. The summed E-state index contributed by atoms with van der Waals surface area (Å²) in [6.07, 6.45) is 1.01. The molecule has 0 fully saturated rings. The number of thiophene rings is 1. The Balaban J connectivity index is 2.27. The van der Waals surface area contributed by atoms with E-state index in [4.69, 9.17) is 10.5 Å². The van der Waals surface area contributed by atoms with Crippen LogP contribution in [0.3, 0.4) is 0 Å². The normalized spacial score (nSPS) is 11.4. The van der Waals surface area contributed by atoms with Crippen LogP contribution >= 0.6 is 11.3 Å². The Bertz CT molecular complexity index is 636. The lowest BCUT2D eigenvalue weighted by atomic mass is 10.1. The predicted octanol–water partition coefficient (Wildman–Crippen LogP) is 4.52. The van der Waals surface area contributed by atoms with E-state index in [0.717, 1.165) is 16.9 Å². The molecule has 4 heteroatoms. The first-order chi connectivity index (χ1) is 9.80. The van der Waals surface area contributed by atoms with Crippen LogP contribution in [0.2, 0.25) is 0 Å². The van der Waals surface area contributed by atoms with Gasteiger partial charge in [-0.1, -0.05) is 31.2 Å². The van der Waals surface area contributed by atoms with E-state index < -0.39 is 5.60 Å². The monoisotopic (exact) mass is 303 g/mol. The van der Waals surface area contributed by atoms with Crippen LogP contribution in [0.5, 0.6) is 0 Å². The molecule has 3 nitrogen and oxygen atoms in total. The van der Waals surface area contributed by atoms with Crippen LogP contribution < -0.4 is 5.73 Å². The highest BCUT2D eigenvalue weighted by Crippen LogP contribution is 2.34. The quantitative estimate of drug-likeness (QED) is 0.848. The number of aryl methyl sites for hydroxylation is 1. The van der Waals surface area contributed by atoms with Gasteiger partial charge in [-0.3, -0.25) is 0 Å². The van der Waals surface area contributed by atoms with E-state index in [2.05, 4.69) is 31.2 Å². The number of hydrogen-bond acceptors (Lipinski definition) is 4. The maximum Gasteiger partial charge on any atom is 0.350 e. The van der Waals surface area contributed by atoms with Crippen molar-refractivity contribution in [2.24, 2.45) is 0 Å². The molecule has 0 aliphatic rings. The van der Waals surface area contributed by atoms with Crippen LogP contribution in [0.4, 0.5) is 5.69 Å². The van der Waals surface area contributed by atoms with Gasteiger partial charge in [0.25, 0.3) is 0 Å². The Morgan fingerprint density at radius 1 is 1.24 bits per heavy atom. The molecule has 0 saturated carbocycles. The summed E-state index contributed by atoms with van der Waals surface area (Å²) in [5, 5.41) is 0. The smallest absolute Gasteiger partial charge is 0.350 e. The SMILES string of the molecule is CCc1ccc(-c2cc(N)c(C(=O)OC(C)(C)C)s2)cc1. The van der Waals surface area contributed by atoms with Crippen LogP contribution in [0.1, 0.15) is 42.9 Å². The number of carbonyl (C=O) groups is 1. The first-order valence-corrected chi connectivity index (χ1v) is 7.84. The molecule has 1 heterocycles. The third-order valence-electron chi connectivity index (χ3n) is 2.99. The van der Waals surface area contributed by atoms with Gasteiger partial charge in [0.05, 0.1) is 5.69 Å². The van der Waals surface area contributed by atoms with Gasteiger partial charge in [-0.15, -0.1) is 11.3 Å². The number of nitrogens with two attached hydrogens (primary N) is 1. The molecule has 2 aromatic rings. The highest BCUT2D eigenvalue weighted by Gasteiger charge is 2.22. The first-order valence-electron chi connectivity index (χ1n) is 7.02. The largest absolute Gasteiger partial charge is 0.456 e. The molecule has 2 rings (SSSR count). The molecule has 112 valence electrons. The van der Waals surface area contributed by atoms with Crippen molar-refractivity contribution in [2.45, 2.75) is 39.7 Å². The third-order valence-corrected chi connectivity index (χ3v) is 4.17. The van der Waals surface area contributed by atoms with Crippen molar-refractivity contribution in [3.8, 4) is 10.4 Å². The molecular weight excluding hydrogens is 282 g/mol. The number of carbonyl (C=O) groups excluding carboxylic acids is 1. The lowest BCUT2D eigenvalue weighted by Crippen LogP contribution is -2.23. The van der Waals surface area contributed by atoms with E-state index in [9.17, 15) is 4.79 Å². The van der Waals surface area contributed by atoms with Crippen molar-refractivity contribution in [1.29, 1.82) is 0 Å². The second kappa shape index (κ2) is 5.90. The molecule has 0 bridgehead atoms. The Morgan fingerprint density at radius 3 is 2.38 bits per heavy atom. The van der Waals surface area contributed by atoms with Gasteiger partial charge in [0.1, 0.15) is 10.5 Å². The Morgan fingerprint density at radius 2 is 1.86 bits per heavy atom. The topological polar surface area (TPSA) is 52.3 Å². The van der Waals surface area contributed by atoms with Crippen LogP contribution in [0, 0.1) is 0 Å². The fourth-order valence-corrected chi connectivity index (χ4v) is 2.90. The van der Waals surface area contributed by atoms with E-state index >= 15 is 0 Å². The zero-order valence-corrected chi connectivity index (χ0v) is 13.7. The van der Waals surface area contributed by atoms with Gasteiger partial charge in [-0.05, 0) is 44.4 Å². The lowest BCUT2D eigenvalue weighted by molar-refractivity contribution is 0.00764. The Labute approximate surface area is 129 Å². The first kappa shape index (κ1) is 15.6. The van der Waals surface area contributed by atoms with Crippen molar-refractivity contribution in [3.05, 3.63) is 40.8 Å². The van der Waals surface area contributed by atoms with Crippen LogP contribution in [0.15, 0.2) is 30.3 Å². The van der Waals surface area contributed by atoms with Crippen molar-refractivity contribution < 1.29 is 9.53 Å². The van der Waals surface area contributed by atoms with Crippen molar-refractivity contribution in [2.75, 3.05) is 5.73 Å². The number of benzene rings is 1. The Hall–Kier alpha value is -1.81. The van der Waals surface area contributed by atoms with Crippen LogP contribution in [0.25, 0.3) is 10.4 Å². The van der Waals surface area contributed by atoms with Gasteiger partial charge >= 0.3 is 5.97 Å². The van der Waals surface area contributed by atoms with Crippen molar-refractivity contribution >= 4 is 23.0 Å². The Kier molecular flexibility index (Phi) is 4.37. The van der Waals surface area contributed by atoms with Gasteiger partial charge in [0, 0.05) is 4.88 Å². The molecule has 2 N–H and O–H groups in total. The van der Waals surface area contributed by atoms with Gasteiger partial charge in [0.2, 0.25) is 0 Å². The fraction of sp³-hybridized carbons (Fsp3) is 0.353. The second-order valence-electron chi connectivity index (χ2n) is 5.95. The summed E-state index contributed by atoms with van der Waals surface area (Å²) in [6.45, 7) is 7.66. The van der Waals surface area contributed by atoms with Gasteiger partial charge in [-0.2, -0.15) is 0 Å². The molecule has 0 aliphatic carbocycles. The van der Waals surface area contributed by atoms with E-state index in [-0.39, 0.29) is 5.97 Å². The molecule has 0 aliphatic heterocycles. The highest BCUT2D eigenvalue weighted by atomic mass is 32.1. The average molecular weight is 303 g/mol. The summed E-state index contributed by atoms with van der Waals surface area (Å²) in [6, 6.07) is 10.1. The maximum atomic E-state index is 12.1. The fourth-order valence-electron chi connectivity index (χ4n) is 1.94. The van der Waals surface area contributed by atoms with Gasteiger partial charge in [0.15, 0.2) is 0 Å². The average Bonchev–Trinajstić information content (AvgIpc) is 2.79. The summed E-state index contributed by atoms with van der Waals surface area (Å²) in [5.74, 6) is -0.360. The minimum atomic E-state index is -0.517. The lowest BCUT2D eigenvalue weighted by Gasteiger charge is -2.18. The number of esters is 1. The van der Waals surface area contributed by atoms with E-state index in [0.29, 0.717) is 10.6 Å². The second-order valence-corrected chi connectivity index (χ2v) is 7.00. The molecule has 0 spiro atoms. The predicted molar refractivity (Wildman–Crippen MR) is 88.7 cm³/mol. The van der Waals surface area contributed by atoms with Crippen LogP contribution in [-0.2, 0) is 11.2 Å². The van der Waals surface area contributed by atoms with E-state index in [1.807, 2.05) is 26.8 Å². The van der Waals surface area contributed by atoms with Gasteiger partial charge < -0.3 is 10.5 Å².